The Bertz CT molecular complexity index is 1080. The highest BCUT2D eigenvalue weighted by Crippen LogP contribution is 2.26. The maximum Gasteiger partial charge on any atom is 0.387 e. The number of rotatable bonds is 7. The van der Waals surface area contributed by atoms with Gasteiger partial charge in [-0.2, -0.15) is 8.78 Å². The standard InChI is InChI=1S/C21H23F2N3O5S/c1-32(29,30)25-16-10-8-15(9-11-16)24-19(27)14-5-4-12-26(13-14)20(28)17-6-2-3-7-18(17)31-21(22)23/h2-3,6-11,14,21,25H,4-5,12-13H2,1H3,(H,24,27). The minimum Gasteiger partial charge on any atom is -0.434 e. The van der Waals surface area contributed by atoms with Gasteiger partial charge in [0.15, 0.2) is 0 Å². The van der Waals surface area contributed by atoms with Crippen molar-refractivity contribution in [2.45, 2.75) is 19.5 Å². The fourth-order valence-corrected chi connectivity index (χ4v) is 4.03. The molecule has 1 aliphatic heterocycles. The van der Waals surface area contributed by atoms with E-state index in [-0.39, 0.29) is 23.8 Å². The average molecular weight is 467 g/mol. The minimum atomic E-state index is -3.40. The van der Waals surface area contributed by atoms with Crippen LogP contribution in [0.1, 0.15) is 23.2 Å². The van der Waals surface area contributed by atoms with E-state index < -0.39 is 28.5 Å². The van der Waals surface area contributed by atoms with Crippen LogP contribution >= 0.6 is 0 Å². The van der Waals surface area contributed by atoms with Gasteiger partial charge in [-0.05, 0) is 49.2 Å². The molecule has 1 atom stereocenters. The maximum atomic E-state index is 12.9. The first-order valence-electron chi connectivity index (χ1n) is 9.84. The number of alkyl halides is 2. The summed E-state index contributed by atoms with van der Waals surface area (Å²) in [7, 11) is -3.40. The molecular weight excluding hydrogens is 444 g/mol. The minimum absolute atomic E-state index is 0.0165. The molecule has 0 aliphatic carbocycles. The summed E-state index contributed by atoms with van der Waals surface area (Å²) >= 11 is 0. The van der Waals surface area contributed by atoms with Crippen molar-refractivity contribution >= 4 is 33.2 Å². The number of nitrogens with zero attached hydrogens (tertiary/aromatic N) is 1. The van der Waals surface area contributed by atoms with Crippen molar-refractivity contribution in [3.05, 3.63) is 54.1 Å². The van der Waals surface area contributed by atoms with Gasteiger partial charge in [0, 0.05) is 24.5 Å². The first kappa shape index (κ1) is 23.5. The molecule has 0 radical (unpaired) electrons. The van der Waals surface area contributed by atoms with E-state index in [1.807, 2.05) is 0 Å². The first-order chi connectivity index (χ1) is 15.1. The quantitative estimate of drug-likeness (QED) is 0.651. The van der Waals surface area contributed by atoms with Crippen LogP contribution in [0.3, 0.4) is 0 Å². The van der Waals surface area contributed by atoms with Gasteiger partial charge in [-0.25, -0.2) is 8.42 Å². The molecule has 3 rings (SSSR count). The first-order valence-corrected chi connectivity index (χ1v) is 11.7. The summed E-state index contributed by atoms with van der Waals surface area (Å²) in [6.45, 7) is -2.51. The second-order valence-corrected chi connectivity index (χ2v) is 9.15. The summed E-state index contributed by atoms with van der Waals surface area (Å²) in [4.78, 5) is 27.1. The zero-order valence-corrected chi connectivity index (χ0v) is 18.1. The molecule has 32 heavy (non-hydrogen) atoms. The molecule has 1 saturated heterocycles. The summed E-state index contributed by atoms with van der Waals surface area (Å²) in [5.41, 5.74) is 0.862. The number of piperidine rings is 1. The third-order valence-electron chi connectivity index (χ3n) is 4.87. The second kappa shape index (κ2) is 9.94. The molecule has 11 heteroatoms. The van der Waals surface area contributed by atoms with Crippen molar-refractivity contribution in [1.29, 1.82) is 0 Å². The van der Waals surface area contributed by atoms with Crippen molar-refractivity contribution in [2.75, 3.05) is 29.4 Å². The number of benzene rings is 2. The van der Waals surface area contributed by atoms with Crippen molar-refractivity contribution in [1.82, 2.24) is 4.90 Å². The van der Waals surface area contributed by atoms with E-state index in [2.05, 4.69) is 14.8 Å². The Hall–Kier alpha value is -3.21. The zero-order valence-electron chi connectivity index (χ0n) is 17.3. The summed E-state index contributed by atoms with van der Waals surface area (Å²) < 4.78 is 54.6. The normalized spacial score (nSPS) is 16.5. The van der Waals surface area contributed by atoms with Gasteiger partial charge in [-0.3, -0.25) is 14.3 Å². The predicted molar refractivity (Wildman–Crippen MR) is 115 cm³/mol. The molecule has 2 aromatic rings. The summed E-state index contributed by atoms with van der Waals surface area (Å²) in [6.07, 6.45) is 2.19. The Labute approximate surface area is 184 Å². The Morgan fingerprint density at radius 2 is 1.75 bits per heavy atom. The summed E-state index contributed by atoms with van der Waals surface area (Å²) in [5, 5.41) is 2.76. The van der Waals surface area contributed by atoms with Gasteiger partial charge in [0.05, 0.1) is 17.7 Å². The average Bonchev–Trinajstić information content (AvgIpc) is 2.74. The summed E-state index contributed by atoms with van der Waals surface area (Å²) in [6, 6.07) is 11.9. The second-order valence-electron chi connectivity index (χ2n) is 7.41. The number of sulfonamides is 1. The molecule has 1 aliphatic rings. The number of likely N-dealkylation sites (tertiary alicyclic amines) is 1. The van der Waals surface area contributed by atoms with Crippen LogP contribution in [0.2, 0.25) is 0 Å². The number of nitrogens with one attached hydrogen (secondary N) is 2. The molecule has 2 aromatic carbocycles. The van der Waals surface area contributed by atoms with Crippen LogP contribution < -0.4 is 14.8 Å². The van der Waals surface area contributed by atoms with Crippen LogP contribution in [0.25, 0.3) is 0 Å². The lowest BCUT2D eigenvalue weighted by atomic mass is 9.96. The largest absolute Gasteiger partial charge is 0.434 e. The van der Waals surface area contributed by atoms with Crippen LogP contribution in [-0.4, -0.2) is 51.1 Å². The highest BCUT2D eigenvalue weighted by Gasteiger charge is 2.30. The van der Waals surface area contributed by atoms with Gasteiger partial charge in [-0.1, -0.05) is 12.1 Å². The van der Waals surface area contributed by atoms with Crippen LogP contribution in [-0.2, 0) is 14.8 Å². The fraction of sp³-hybridized carbons (Fsp3) is 0.333. The van der Waals surface area contributed by atoms with Crippen LogP contribution in [0.4, 0.5) is 20.2 Å². The lowest BCUT2D eigenvalue weighted by Gasteiger charge is -2.32. The molecule has 2 amide bonds. The van der Waals surface area contributed by atoms with Gasteiger partial charge in [-0.15, -0.1) is 0 Å². The van der Waals surface area contributed by atoms with Gasteiger partial charge >= 0.3 is 6.61 Å². The summed E-state index contributed by atoms with van der Waals surface area (Å²) in [5.74, 6) is -1.45. The molecule has 1 heterocycles. The lowest BCUT2D eigenvalue weighted by molar-refractivity contribution is -0.121. The van der Waals surface area contributed by atoms with Crippen LogP contribution in [0.5, 0.6) is 5.75 Å². The van der Waals surface area contributed by atoms with E-state index in [4.69, 9.17) is 0 Å². The number of amides is 2. The number of ether oxygens (including phenoxy) is 1. The van der Waals surface area contributed by atoms with Crippen molar-refractivity contribution in [3.63, 3.8) is 0 Å². The van der Waals surface area contributed by atoms with E-state index in [0.717, 1.165) is 6.26 Å². The molecule has 1 fully saturated rings. The number of hydrogen-bond acceptors (Lipinski definition) is 5. The predicted octanol–water partition coefficient (Wildman–Crippen LogP) is 3.15. The van der Waals surface area contributed by atoms with E-state index >= 15 is 0 Å². The number of carbonyl (C=O) groups is 2. The van der Waals surface area contributed by atoms with E-state index in [1.165, 1.54) is 35.2 Å². The Balaban J connectivity index is 1.64. The van der Waals surface area contributed by atoms with E-state index in [1.54, 1.807) is 18.2 Å². The Morgan fingerprint density at radius 3 is 2.41 bits per heavy atom. The molecule has 8 nitrogen and oxygen atoms in total. The van der Waals surface area contributed by atoms with E-state index in [0.29, 0.717) is 30.8 Å². The third kappa shape index (κ3) is 6.39. The topological polar surface area (TPSA) is 105 Å². The zero-order chi connectivity index (χ0) is 23.3. The molecule has 2 N–H and O–H groups in total. The number of hydrogen-bond donors (Lipinski definition) is 2. The smallest absolute Gasteiger partial charge is 0.387 e. The monoisotopic (exact) mass is 467 g/mol. The van der Waals surface area contributed by atoms with Crippen molar-refractivity contribution < 1.29 is 31.5 Å². The third-order valence-corrected chi connectivity index (χ3v) is 5.48. The Kier molecular flexibility index (Phi) is 7.29. The molecule has 0 aromatic heterocycles. The molecule has 0 bridgehead atoms. The number of para-hydroxylation sites is 1. The van der Waals surface area contributed by atoms with Gasteiger partial charge < -0.3 is 15.0 Å². The molecule has 0 spiro atoms. The highest BCUT2D eigenvalue weighted by molar-refractivity contribution is 7.92. The molecule has 172 valence electrons. The lowest BCUT2D eigenvalue weighted by Crippen LogP contribution is -2.43. The SMILES string of the molecule is CS(=O)(=O)Nc1ccc(NC(=O)C2CCCN(C(=O)c3ccccc3OC(F)F)C2)cc1. The van der Waals surface area contributed by atoms with Crippen molar-refractivity contribution in [2.24, 2.45) is 5.92 Å². The number of anilines is 2. The van der Waals surface area contributed by atoms with Crippen LogP contribution in [0, 0.1) is 5.92 Å². The van der Waals surface area contributed by atoms with Gasteiger partial charge in [0.1, 0.15) is 5.75 Å². The van der Waals surface area contributed by atoms with E-state index in [9.17, 15) is 26.8 Å². The van der Waals surface area contributed by atoms with Crippen LogP contribution in [0.15, 0.2) is 48.5 Å². The van der Waals surface area contributed by atoms with Gasteiger partial charge in [0.25, 0.3) is 5.91 Å². The molecular formula is C21H23F2N3O5S. The molecule has 1 unspecified atom stereocenters. The van der Waals surface area contributed by atoms with Gasteiger partial charge in [0.2, 0.25) is 15.9 Å². The maximum absolute atomic E-state index is 12.9. The fourth-order valence-electron chi connectivity index (χ4n) is 3.47. The van der Waals surface area contributed by atoms with Crippen molar-refractivity contribution in [3.8, 4) is 5.75 Å². The number of halogens is 2. The number of carbonyl (C=O) groups excluding carboxylic acids is 2. The highest BCUT2D eigenvalue weighted by atomic mass is 32.2. The Morgan fingerprint density at radius 1 is 1.09 bits per heavy atom. The molecule has 0 saturated carbocycles.